The van der Waals surface area contributed by atoms with Gasteiger partial charge in [-0.05, 0) is 24.5 Å². The van der Waals surface area contributed by atoms with Crippen LogP contribution in [0.2, 0.25) is 0 Å². The monoisotopic (exact) mass is 411 g/mol. The number of amides is 1. The van der Waals surface area contributed by atoms with Gasteiger partial charge in [-0.25, -0.2) is 13.8 Å². The molecule has 6 nitrogen and oxygen atoms in total. The summed E-state index contributed by atoms with van der Waals surface area (Å²) in [4.78, 5) is 21.3. The fraction of sp³-hybridized carbons (Fsp3) is 0.533. The van der Waals surface area contributed by atoms with Gasteiger partial charge in [0.15, 0.2) is 0 Å². The highest BCUT2D eigenvalue weighted by Gasteiger charge is 2.42. The number of hydrogen-bond acceptors (Lipinski definition) is 6. The molecule has 148 valence electrons. The normalized spacial score (nSPS) is 19.5. The van der Waals surface area contributed by atoms with Gasteiger partial charge in [0.1, 0.15) is 6.61 Å². The Labute approximate surface area is 153 Å². The van der Waals surface area contributed by atoms with Crippen molar-refractivity contribution >= 4 is 17.2 Å². The lowest BCUT2D eigenvalue weighted by atomic mass is 10.3. The van der Waals surface area contributed by atoms with E-state index in [1.165, 1.54) is 12.1 Å². The molecular formula is C15H14F5N3O3S. The Morgan fingerprint density at radius 1 is 1.44 bits per heavy atom. The largest absolute Gasteiger partial charge is 0.471 e. The maximum Gasteiger partial charge on any atom is 0.471 e. The minimum absolute atomic E-state index is 0.108. The lowest BCUT2D eigenvalue weighted by Gasteiger charge is -2.21. The summed E-state index contributed by atoms with van der Waals surface area (Å²) in [7, 11) is 0. The summed E-state index contributed by atoms with van der Waals surface area (Å²) in [5.41, 5.74) is 0. The van der Waals surface area contributed by atoms with Crippen molar-refractivity contribution in [3.05, 3.63) is 22.9 Å². The van der Waals surface area contributed by atoms with E-state index in [0.717, 1.165) is 16.4 Å². The highest BCUT2D eigenvalue weighted by Crippen LogP contribution is 2.40. The minimum atomic E-state index is -4.75. The van der Waals surface area contributed by atoms with Crippen LogP contribution in [0.4, 0.5) is 22.0 Å². The molecule has 0 spiro atoms. The Morgan fingerprint density at radius 3 is 2.70 bits per heavy atom. The molecule has 2 atom stereocenters. The highest BCUT2D eigenvalue weighted by atomic mass is 32.1. The zero-order chi connectivity index (χ0) is 19.8. The zero-order valence-corrected chi connectivity index (χ0v) is 14.7. The van der Waals surface area contributed by atoms with Gasteiger partial charge >= 0.3 is 12.1 Å². The van der Waals surface area contributed by atoms with E-state index in [9.17, 15) is 26.7 Å². The number of thiophene rings is 1. The third-order valence-corrected chi connectivity index (χ3v) is 4.94. The summed E-state index contributed by atoms with van der Waals surface area (Å²) in [6, 6.07) is 2.99. The summed E-state index contributed by atoms with van der Waals surface area (Å²) in [6.07, 6.45) is -6.83. The van der Waals surface area contributed by atoms with Crippen LogP contribution in [0.1, 0.15) is 24.1 Å². The molecule has 12 heteroatoms. The maximum absolute atomic E-state index is 12.5. The van der Waals surface area contributed by atoms with Crippen LogP contribution >= 0.6 is 11.3 Å². The van der Waals surface area contributed by atoms with Gasteiger partial charge in [-0.15, -0.1) is 11.3 Å². The lowest BCUT2D eigenvalue weighted by Crippen LogP contribution is -2.33. The number of aromatic nitrogens is 2. The van der Waals surface area contributed by atoms with Crippen molar-refractivity contribution in [2.75, 3.05) is 6.61 Å². The summed E-state index contributed by atoms with van der Waals surface area (Å²) in [6.45, 7) is 0.833. The molecule has 2 aromatic rings. The molecule has 1 saturated carbocycles. The maximum atomic E-state index is 12.5. The number of hydroxylamine groups is 2. The van der Waals surface area contributed by atoms with Gasteiger partial charge in [-0.1, -0.05) is 12.1 Å². The molecule has 0 radical (unpaired) electrons. The SMILES string of the molecule is CC1CC1C(=O)N(Cc1ccc(-c2noc(C(F)(F)F)n2)s1)OCC(F)F. The van der Waals surface area contributed by atoms with Gasteiger partial charge in [-0.2, -0.15) is 18.2 Å². The molecular weight excluding hydrogens is 397 g/mol. The highest BCUT2D eigenvalue weighted by molar-refractivity contribution is 7.15. The topological polar surface area (TPSA) is 68.5 Å². The second kappa shape index (κ2) is 7.50. The molecule has 0 N–H and O–H groups in total. The first-order chi connectivity index (χ1) is 12.6. The summed E-state index contributed by atoms with van der Waals surface area (Å²) < 4.78 is 66.6. The van der Waals surface area contributed by atoms with E-state index in [4.69, 9.17) is 4.84 Å². The van der Waals surface area contributed by atoms with Gasteiger partial charge in [0, 0.05) is 10.8 Å². The molecule has 0 aromatic carbocycles. The average molecular weight is 411 g/mol. The van der Waals surface area contributed by atoms with E-state index >= 15 is 0 Å². The molecule has 2 unspecified atom stereocenters. The van der Waals surface area contributed by atoms with Crippen LogP contribution in [-0.2, 0) is 22.4 Å². The Morgan fingerprint density at radius 2 is 2.15 bits per heavy atom. The van der Waals surface area contributed by atoms with E-state index in [2.05, 4.69) is 14.7 Å². The van der Waals surface area contributed by atoms with Crippen LogP contribution in [0, 0.1) is 11.8 Å². The predicted molar refractivity (Wildman–Crippen MR) is 82.4 cm³/mol. The minimum Gasteiger partial charge on any atom is -0.329 e. The molecule has 1 aliphatic carbocycles. The molecule has 0 aliphatic heterocycles. The number of rotatable bonds is 7. The number of hydrogen-bond donors (Lipinski definition) is 0. The summed E-state index contributed by atoms with van der Waals surface area (Å²) in [5, 5.41) is 4.16. The van der Waals surface area contributed by atoms with Crippen LogP contribution in [-0.4, -0.2) is 34.1 Å². The average Bonchev–Trinajstić information content (AvgIpc) is 3.01. The number of nitrogens with zero attached hydrogens (tertiary/aromatic N) is 3. The van der Waals surface area contributed by atoms with Crippen molar-refractivity contribution in [3.8, 4) is 10.7 Å². The van der Waals surface area contributed by atoms with Crippen LogP contribution < -0.4 is 0 Å². The van der Waals surface area contributed by atoms with Crippen molar-refractivity contribution < 1.29 is 36.1 Å². The summed E-state index contributed by atoms with van der Waals surface area (Å²) in [5.74, 6) is -2.21. The standard InChI is InChI=1S/C15H14F5N3O3S/c1-7-4-9(7)13(24)23(25-6-11(16)17)5-8-2-3-10(27-8)12-21-14(26-22-12)15(18,19)20/h2-3,7,9,11H,4-6H2,1H3. The summed E-state index contributed by atoms with van der Waals surface area (Å²) >= 11 is 1.01. The molecule has 3 rings (SSSR count). The first-order valence-electron chi connectivity index (χ1n) is 7.87. The molecule has 0 bridgehead atoms. The van der Waals surface area contributed by atoms with Crippen molar-refractivity contribution in [2.24, 2.45) is 11.8 Å². The second-order valence-corrected chi connectivity index (χ2v) is 7.24. The fourth-order valence-electron chi connectivity index (χ4n) is 2.35. The van der Waals surface area contributed by atoms with E-state index in [1.54, 1.807) is 0 Å². The Hall–Kier alpha value is -2.08. The van der Waals surface area contributed by atoms with Gasteiger partial charge in [-0.3, -0.25) is 9.63 Å². The van der Waals surface area contributed by atoms with E-state index < -0.39 is 31.0 Å². The van der Waals surface area contributed by atoms with E-state index in [1.807, 2.05) is 6.92 Å². The molecule has 27 heavy (non-hydrogen) atoms. The first-order valence-corrected chi connectivity index (χ1v) is 8.69. The van der Waals surface area contributed by atoms with Crippen molar-refractivity contribution in [2.45, 2.75) is 32.5 Å². The van der Waals surface area contributed by atoms with Crippen molar-refractivity contribution in [1.29, 1.82) is 0 Å². The zero-order valence-electron chi connectivity index (χ0n) is 13.9. The van der Waals surface area contributed by atoms with Gasteiger partial charge in [0.05, 0.1) is 11.4 Å². The number of halogens is 5. The quantitative estimate of drug-likeness (QED) is 0.509. The van der Waals surface area contributed by atoms with E-state index in [0.29, 0.717) is 11.3 Å². The second-order valence-electron chi connectivity index (χ2n) is 6.07. The van der Waals surface area contributed by atoms with Crippen molar-refractivity contribution in [3.63, 3.8) is 0 Å². The Balaban J connectivity index is 1.71. The van der Waals surface area contributed by atoms with Crippen LogP contribution in [0.5, 0.6) is 0 Å². The molecule has 2 heterocycles. The smallest absolute Gasteiger partial charge is 0.329 e. The molecule has 1 aliphatic rings. The van der Waals surface area contributed by atoms with Crippen LogP contribution in [0.15, 0.2) is 16.7 Å². The van der Waals surface area contributed by atoms with Gasteiger partial charge in [0.25, 0.3) is 6.43 Å². The number of carbonyl (C=O) groups excluding carboxylic acids is 1. The third kappa shape index (κ3) is 4.80. The Bertz CT molecular complexity index is 807. The Kier molecular flexibility index (Phi) is 5.47. The van der Waals surface area contributed by atoms with Crippen LogP contribution in [0.3, 0.4) is 0 Å². The van der Waals surface area contributed by atoms with E-state index in [-0.39, 0.29) is 29.1 Å². The molecule has 0 saturated heterocycles. The number of carbonyl (C=O) groups is 1. The third-order valence-electron chi connectivity index (χ3n) is 3.88. The lowest BCUT2D eigenvalue weighted by molar-refractivity contribution is -0.203. The fourth-order valence-corrected chi connectivity index (χ4v) is 3.26. The van der Waals surface area contributed by atoms with Gasteiger partial charge in [0.2, 0.25) is 11.7 Å². The molecule has 1 fully saturated rings. The van der Waals surface area contributed by atoms with Gasteiger partial charge < -0.3 is 4.52 Å². The molecule has 1 amide bonds. The first kappa shape index (κ1) is 19.7. The molecule has 2 aromatic heterocycles. The number of alkyl halides is 5. The van der Waals surface area contributed by atoms with Crippen molar-refractivity contribution in [1.82, 2.24) is 15.2 Å². The van der Waals surface area contributed by atoms with Crippen LogP contribution in [0.25, 0.3) is 10.7 Å². The predicted octanol–water partition coefficient (Wildman–Crippen LogP) is 4.00.